The van der Waals surface area contributed by atoms with E-state index >= 15 is 0 Å². The van der Waals surface area contributed by atoms with Crippen molar-refractivity contribution < 1.29 is 14.3 Å². The molecule has 0 spiro atoms. The third-order valence-electron chi connectivity index (χ3n) is 2.87. The van der Waals surface area contributed by atoms with Crippen LogP contribution in [-0.4, -0.2) is 30.0 Å². The van der Waals surface area contributed by atoms with Crippen LogP contribution in [0.1, 0.15) is 25.3 Å². The topological polar surface area (TPSA) is 81.4 Å². The van der Waals surface area contributed by atoms with Crippen molar-refractivity contribution in [1.82, 2.24) is 0 Å². The van der Waals surface area contributed by atoms with E-state index < -0.39 is 0 Å². The maximum Gasteiger partial charge on any atom is 0.315 e. The highest BCUT2D eigenvalue weighted by atomic mass is 32.2. The zero-order chi connectivity index (χ0) is 15.7. The van der Waals surface area contributed by atoms with Crippen molar-refractivity contribution in [1.29, 1.82) is 0 Å². The largest absolute Gasteiger partial charge is 0.465 e. The molecular weight excluding hydrogens is 288 g/mol. The number of esters is 1. The number of hydrogen-bond acceptors (Lipinski definition) is 5. The lowest BCUT2D eigenvalue weighted by atomic mass is 10.1. The molecule has 0 aliphatic carbocycles. The van der Waals surface area contributed by atoms with Crippen LogP contribution in [0.3, 0.4) is 0 Å². The summed E-state index contributed by atoms with van der Waals surface area (Å²) in [4.78, 5) is 22.9. The van der Waals surface area contributed by atoms with Crippen molar-refractivity contribution >= 4 is 35.0 Å². The summed E-state index contributed by atoms with van der Waals surface area (Å²) in [5, 5.41) is 2.85. The number of amides is 1. The van der Waals surface area contributed by atoms with E-state index in [2.05, 4.69) is 5.32 Å². The highest BCUT2D eigenvalue weighted by Gasteiger charge is 2.07. The molecule has 6 heteroatoms. The Balaban J connectivity index is 2.23. The number of rotatable bonds is 8. The van der Waals surface area contributed by atoms with Crippen molar-refractivity contribution in [2.24, 2.45) is 0 Å². The minimum atomic E-state index is -0.206. The molecule has 0 heterocycles. The third-order valence-corrected chi connectivity index (χ3v) is 3.88. The molecule has 1 aromatic rings. The van der Waals surface area contributed by atoms with Crippen molar-refractivity contribution in [2.45, 2.75) is 26.7 Å². The van der Waals surface area contributed by atoms with Gasteiger partial charge in [-0.25, -0.2) is 0 Å². The summed E-state index contributed by atoms with van der Waals surface area (Å²) in [7, 11) is 0. The van der Waals surface area contributed by atoms with Crippen LogP contribution in [0.25, 0.3) is 0 Å². The van der Waals surface area contributed by atoms with E-state index in [4.69, 9.17) is 10.5 Å². The van der Waals surface area contributed by atoms with Crippen LogP contribution in [0, 0.1) is 6.92 Å². The molecule has 0 bridgehead atoms. The first-order valence-corrected chi connectivity index (χ1v) is 8.08. The molecule has 1 aromatic carbocycles. The molecule has 5 nitrogen and oxygen atoms in total. The van der Waals surface area contributed by atoms with Gasteiger partial charge in [0.1, 0.15) is 0 Å². The molecule has 3 N–H and O–H groups in total. The number of nitrogen functional groups attached to an aromatic ring is 1. The number of benzene rings is 1. The number of ether oxygens (including phenoxy) is 1. The van der Waals surface area contributed by atoms with E-state index in [1.165, 1.54) is 11.8 Å². The first-order valence-electron chi connectivity index (χ1n) is 6.93. The monoisotopic (exact) mass is 310 g/mol. The summed E-state index contributed by atoms with van der Waals surface area (Å²) >= 11 is 1.48. The second-order valence-corrected chi connectivity index (χ2v) is 5.63. The van der Waals surface area contributed by atoms with E-state index in [-0.39, 0.29) is 11.9 Å². The highest BCUT2D eigenvalue weighted by molar-refractivity contribution is 7.99. The molecule has 0 aliphatic heterocycles. The Morgan fingerprint density at radius 2 is 2.14 bits per heavy atom. The molecule has 0 saturated carbocycles. The predicted molar refractivity (Wildman–Crippen MR) is 87.4 cm³/mol. The summed E-state index contributed by atoms with van der Waals surface area (Å²) < 4.78 is 4.82. The average molecular weight is 310 g/mol. The van der Waals surface area contributed by atoms with Crippen molar-refractivity contribution in [3.8, 4) is 0 Å². The zero-order valence-electron chi connectivity index (χ0n) is 12.5. The number of nitrogens with one attached hydrogen (secondary N) is 1. The van der Waals surface area contributed by atoms with Gasteiger partial charge in [0.05, 0.1) is 12.4 Å². The van der Waals surface area contributed by atoms with Crippen molar-refractivity contribution in [3.05, 3.63) is 23.8 Å². The second-order valence-electron chi connectivity index (χ2n) is 4.53. The van der Waals surface area contributed by atoms with Crippen LogP contribution < -0.4 is 11.1 Å². The van der Waals surface area contributed by atoms with E-state index in [0.29, 0.717) is 24.5 Å². The van der Waals surface area contributed by atoms with Crippen LogP contribution in [-0.2, 0) is 14.3 Å². The number of thioether (sulfide) groups is 1. The van der Waals surface area contributed by atoms with Gasteiger partial charge >= 0.3 is 5.97 Å². The lowest BCUT2D eigenvalue weighted by molar-refractivity contribution is -0.139. The normalized spacial score (nSPS) is 10.2. The Kier molecular flexibility index (Phi) is 7.68. The maximum atomic E-state index is 11.8. The minimum Gasteiger partial charge on any atom is -0.465 e. The Hall–Kier alpha value is -1.69. The third kappa shape index (κ3) is 6.53. The lowest BCUT2D eigenvalue weighted by Crippen LogP contribution is -2.13. The van der Waals surface area contributed by atoms with Gasteiger partial charge in [-0.15, -0.1) is 0 Å². The van der Waals surface area contributed by atoms with E-state index in [0.717, 1.165) is 23.4 Å². The van der Waals surface area contributed by atoms with Crippen LogP contribution in [0.4, 0.5) is 11.4 Å². The number of hydrogen-bond donors (Lipinski definition) is 2. The fourth-order valence-corrected chi connectivity index (χ4v) is 2.44. The Labute approximate surface area is 129 Å². The molecule has 116 valence electrons. The van der Waals surface area contributed by atoms with Gasteiger partial charge in [-0.1, -0.05) is 6.07 Å². The lowest BCUT2D eigenvalue weighted by Gasteiger charge is -2.10. The van der Waals surface area contributed by atoms with Gasteiger partial charge in [0.15, 0.2) is 0 Å². The fourth-order valence-electron chi connectivity index (χ4n) is 1.69. The first kappa shape index (κ1) is 17.4. The van der Waals surface area contributed by atoms with Gasteiger partial charge in [-0.05, 0) is 43.7 Å². The van der Waals surface area contributed by atoms with E-state index in [1.54, 1.807) is 13.0 Å². The SMILES string of the molecule is CCOC(=O)CSCCCC(=O)Nc1cccc(N)c1C. The summed E-state index contributed by atoms with van der Waals surface area (Å²) in [6, 6.07) is 5.45. The molecule has 21 heavy (non-hydrogen) atoms. The standard InChI is InChI=1S/C15H22N2O3S/c1-3-20-15(19)10-21-9-5-8-14(18)17-13-7-4-6-12(16)11(13)2/h4,6-7H,3,5,8-10,16H2,1-2H3,(H,17,18). The molecule has 0 saturated heterocycles. The predicted octanol–water partition coefficient (Wildman–Crippen LogP) is 2.59. The molecule has 0 aliphatic rings. The van der Waals surface area contributed by atoms with Crippen molar-refractivity contribution in [2.75, 3.05) is 29.2 Å². The average Bonchev–Trinajstić information content (AvgIpc) is 2.44. The Morgan fingerprint density at radius 3 is 2.86 bits per heavy atom. The Bertz CT molecular complexity index is 492. The van der Waals surface area contributed by atoms with Crippen LogP contribution in [0.15, 0.2) is 18.2 Å². The smallest absolute Gasteiger partial charge is 0.315 e. The molecule has 1 amide bonds. The van der Waals surface area contributed by atoms with Gasteiger partial charge in [-0.2, -0.15) is 11.8 Å². The van der Waals surface area contributed by atoms with Gasteiger partial charge in [0.25, 0.3) is 0 Å². The van der Waals surface area contributed by atoms with Gasteiger partial charge < -0.3 is 15.8 Å². The maximum absolute atomic E-state index is 11.8. The van der Waals surface area contributed by atoms with Gasteiger partial charge in [0.2, 0.25) is 5.91 Å². The summed E-state index contributed by atoms with van der Waals surface area (Å²) in [6.07, 6.45) is 1.14. The summed E-state index contributed by atoms with van der Waals surface area (Å²) in [5.41, 5.74) is 8.08. The van der Waals surface area contributed by atoms with Crippen LogP contribution in [0.2, 0.25) is 0 Å². The number of carbonyl (C=O) groups is 2. The fraction of sp³-hybridized carbons (Fsp3) is 0.467. The minimum absolute atomic E-state index is 0.0413. The quantitative estimate of drug-likeness (QED) is 0.438. The number of anilines is 2. The van der Waals surface area contributed by atoms with E-state index in [9.17, 15) is 9.59 Å². The molecule has 0 unspecified atom stereocenters. The molecule has 1 rings (SSSR count). The molecule has 0 fully saturated rings. The number of carbonyl (C=O) groups excluding carboxylic acids is 2. The Morgan fingerprint density at radius 1 is 1.38 bits per heavy atom. The first-order chi connectivity index (χ1) is 10.0. The number of nitrogens with two attached hydrogens (primary N) is 1. The van der Waals surface area contributed by atoms with Crippen LogP contribution in [0.5, 0.6) is 0 Å². The molecule has 0 radical (unpaired) electrons. The van der Waals surface area contributed by atoms with Crippen molar-refractivity contribution in [3.63, 3.8) is 0 Å². The summed E-state index contributed by atoms with van der Waals surface area (Å²) in [6.45, 7) is 4.06. The molecule has 0 aromatic heterocycles. The van der Waals surface area contributed by atoms with Gasteiger partial charge in [-0.3, -0.25) is 9.59 Å². The zero-order valence-corrected chi connectivity index (χ0v) is 13.3. The molecule has 0 atom stereocenters. The van der Waals surface area contributed by atoms with Crippen LogP contribution >= 0.6 is 11.8 Å². The highest BCUT2D eigenvalue weighted by Crippen LogP contribution is 2.20. The summed E-state index contributed by atoms with van der Waals surface area (Å²) in [5.74, 6) is 0.842. The van der Waals surface area contributed by atoms with Gasteiger partial charge in [0, 0.05) is 17.8 Å². The second kappa shape index (κ2) is 9.28. The van der Waals surface area contributed by atoms with E-state index in [1.807, 2.05) is 19.1 Å². The molecular formula is C15H22N2O3S.